The van der Waals surface area contributed by atoms with Crippen LogP contribution in [0.15, 0.2) is 41.4 Å². The first-order chi connectivity index (χ1) is 12.5. The molecule has 0 aliphatic carbocycles. The fourth-order valence-electron chi connectivity index (χ4n) is 2.54. The second-order valence-corrected chi connectivity index (χ2v) is 5.50. The molecule has 0 spiro atoms. The molecule has 0 amide bonds. The van der Waals surface area contributed by atoms with Gasteiger partial charge in [0.1, 0.15) is 17.3 Å². The Balaban J connectivity index is 0.00000261. The Hall–Kier alpha value is -1.67. The van der Waals surface area contributed by atoms with Crippen molar-refractivity contribution in [1.29, 1.82) is 0 Å². The van der Waals surface area contributed by atoms with Crippen molar-refractivity contribution in [3.8, 4) is 11.5 Å². The summed E-state index contributed by atoms with van der Waals surface area (Å²) in [5, 5.41) is 12.3. The Labute approximate surface area is 205 Å². The van der Waals surface area contributed by atoms with E-state index in [2.05, 4.69) is 16.0 Å². The summed E-state index contributed by atoms with van der Waals surface area (Å²) in [6, 6.07) is 13.0. The normalized spacial score (nSPS) is 10.6. The number of methoxy groups -OCH3 is 2. The number of rotatable bonds is 5. The van der Waals surface area contributed by atoms with Gasteiger partial charge in [0.25, 0.3) is 0 Å². The number of nitro groups is 1. The van der Waals surface area contributed by atoms with Crippen LogP contribution in [-0.2, 0) is 0 Å². The van der Waals surface area contributed by atoms with E-state index in [0.717, 1.165) is 5.56 Å². The van der Waals surface area contributed by atoms with Gasteiger partial charge in [-0.25, -0.2) is 4.99 Å². The van der Waals surface area contributed by atoms with Gasteiger partial charge in [0.05, 0.1) is 14.2 Å². The van der Waals surface area contributed by atoms with Gasteiger partial charge in [0.15, 0.2) is 0 Å². The van der Waals surface area contributed by atoms with E-state index in [0.29, 0.717) is 33.8 Å². The molecule has 0 N–H and O–H groups in total. The van der Waals surface area contributed by atoms with E-state index in [1.165, 1.54) is 12.1 Å². The predicted molar refractivity (Wildman–Crippen MR) is 98.8 cm³/mol. The van der Waals surface area contributed by atoms with Gasteiger partial charge < -0.3 is 9.47 Å². The fraction of sp³-hybridized carbons (Fsp3) is 0.158. The number of non-ortho nitro benzene ring substituents is 1. The summed E-state index contributed by atoms with van der Waals surface area (Å²) >= 11 is 0. The molecule has 0 saturated heterocycles. The maximum Gasteiger partial charge on any atom is 1.00 e. The average Bonchev–Trinajstić information content (AvgIpc) is 2.65. The molecule has 2 aromatic carbocycles. The van der Waals surface area contributed by atoms with Crippen molar-refractivity contribution in [1.82, 2.24) is 4.98 Å². The summed E-state index contributed by atoms with van der Waals surface area (Å²) in [4.78, 5) is 19.4. The van der Waals surface area contributed by atoms with E-state index in [1.807, 2.05) is 12.1 Å². The number of fused-ring (bicyclic) bond motifs is 1. The molecule has 0 atom stereocenters. The van der Waals surface area contributed by atoms with Crippen molar-refractivity contribution < 1.29 is 72.6 Å². The number of hydrogen-bond donors (Lipinski definition) is 0. The first-order valence-electron chi connectivity index (χ1n) is 7.76. The Bertz CT molecular complexity index is 1020. The third-order valence-electron chi connectivity index (χ3n) is 3.81. The van der Waals surface area contributed by atoms with Crippen molar-refractivity contribution in [2.24, 2.45) is 4.99 Å². The van der Waals surface area contributed by atoms with E-state index in [1.54, 1.807) is 39.5 Å². The predicted octanol–water partition coefficient (Wildman–Crippen LogP) is 1.02. The smallest absolute Gasteiger partial charge is 0.497 e. The number of benzene rings is 2. The standard InChI is InChI=1S/C19H16N3O4.Rb/c1-12-8-14-9-15(22(23)24)5-7-17(14)19(21-12)20-11-13-4-6-16(25-2)10-18(13)26-3;/h4-7,9-11H,1-3H3;/q-1;+1. The molecule has 0 radical (unpaired) electrons. The van der Waals surface area contributed by atoms with Gasteiger partial charge in [-0.1, -0.05) is 11.5 Å². The number of hydrogen-bond acceptors (Lipinski definition) is 6. The number of ether oxygens (including phenoxy) is 2. The minimum absolute atomic E-state index is 0. The van der Waals surface area contributed by atoms with Gasteiger partial charge in [-0.3, -0.25) is 15.1 Å². The minimum atomic E-state index is -0.436. The van der Waals surface area contributed by atoms with Crippen LogP contribution >= 0.6 is 0 Å². The van der Waals surface area contributed by atoms with Gasteiger partial charge in [-0.2, -0.15) is 11.5 Å². The molecule has 0 fully saturated rings. The molecule has 132 valence electrons. The van der Waals surface area contributed by atoms with Gasteiger partial charge in [0, 0.05) is 22.8 Å². The summed E-state index contributed by atoms with van der Waals surface area (Å²) in [7, 11) is 3.15. The molecular formula is C19H16N3O4Rb. The van der Waals surface area contributed by atoms with E-state index >= 15 is 0 Å². The zero-order valence-corrected chi connectivity index (χ0v) is 20.4. The molecule has 0 unspecified atom stereocenters. The second-order valence-electron chi connectivity index (χ2n) is 5.50. The maximum absolute atomic E-state index is 11.0. The third-order valence-corrected chi connectivity index (χ3v) is 3.81. The summed E-state index contributed by atoms with van der Waals surface area (Å²) in [5.41, 5.74) is 1.37. The van der Waals surface area contributed by atoms with Gasteiger partial charge in [0.2, 0.25) is 5.69 Å². The second kappa shape index (κ2) is 9.50. The molecule has 0 aliphatic rings. The van der Waals surface area contributed by atoms with Gasteiger partial charge in [-0.05, 0) is 30.8 Å². The maximum atomic E-state index is 11.0. The minimum Gasteiger partial charge on any atom is -0.497 e. The monoisotopic (exact) mass is 435 g/mol. The molecule has 7 nitrogen and oxygen atoms in total. The molecular weight excluding hydrogens is 420 g/mol. The number of pyridine rings is 1. The first kappa shape index (κ1) is 21.6. The average molecular weight is 436 g/mol. The fourth-order valence-corrected chi connectivity index (χ4v) is 2.54. The Morgan fingerprint density at radius 2 is 1.96 bits per heavy atom. The summed E-state index contributed by atoms with van der Waals surface area (Å²) < 4.78 is 10.5. The van der Waals surface area contributed by atoms with Crippen LogP contribution in [0.3, 0.4) is 0 Å². The first-order valence-corrected chi connectivity index (χ1v) is 7.76. The molecule has 0 aliphatic heterocycles. The van der Waals surface area contributed by atoms with E-state index in [-0.39, 0.29) is 63.9 Å². The Morgan fingerprint density at radius 1 is 1.19 bits per heavy atom. The quantitative estimate of drug-likeness (QED) is 0.258. The summed E-state index contributed by atoms with van der Waals surface area (Å²) in [5.74, 6) is 1.76. The number of aryl methyl sites for hydroxylation is 1. The zero-order valence-electron chi connectivity index (χ0n) is 15.5. The van der Waals surface area contributed by atoms with Crippen LogP contribution in [-0.4, -0.2) is 30.3 Å². The molecule has 1 aromatic heterocycles. The number of aliphatic imine (C=N–C) groups is 1. The third kappa shape index (κ3) is 4.98. The van der Waals surface area contributed by atoms with Crippen molar-refractivity contribution in [3.05, 3.63) is 63.8 Å². The number of aromatic nitrogens is 1. The van der Waals surface area contributed by atoms with E-state index in [4.69, 9.17) is 9.47 Å². The Kier molecular flexibility index (Phi) is 7.61. The molecule has 1 heterocycles. The summed E-state index contributed by atoms with van der Waals surface area (Å²) in [6.07, 6.45) is 1.64. The van der Waals surface area contributed by atoms with Gasteiger partial charge >= 0.3 is 58.2 Å². The number of nitro benzene ring substituents is 1. The van der Waals surface area contributed by atoms with Gasteiger partial charge in [-0.15, -0.1) is 6.07 Å². The van der Waals surface area contributed by atoms with E-state index in [9.17, 15) is 10.1 Å². The van der Waals surface area contributed by atoms with Crippen LogP contribution in [0.5, 0.6) is 11.5 Å². The van der Waals surface area contributed by atoms with E-state index < -0.39 is 4.92 Å². The summed E-state index contributed by atoms with van der Waals surface area (Å²) in [6.45, 7) is 1.77. The van der Waals surface area contributed by atoms with Crippen molar-refractivity contribution in [3.63, 3.8) is 0 Å². The van der Waals surface area contributed by atoms with Crippen LogP contribution in [0.25, 0.3) is 10.8 Å². The molecule has 8 heteroatoms. The Morgan fingerprint density at radius 3 is 2.63 bits per heavy atom. The molecule has 3 rings (SSSR count). The topological polar surface area (TPSA) is 86.9 Å². The molecule has 27 heavy (non-hydrogen) atoms. The zero-order chi connectivity index (χ0) is 18.7. The van der Waals surface area contributed by atoms with Crippen molar-refractivity contribution in [2.45, 2.75) is 6.92 Å². The van der Waals surface area contributed by atoms with Crippen LogP contribution < -0.4 is 67.7 Å². The number of nitrogens with zero attached hydrogens (tertiary/aromatic N) is 3. The molecule has 0 bridgehead atoms. The van der Waals surface area contributed by atoms with Crippen LogP contribution in [0, 0.1) is 23.1 Å². The van der Waals surface area contributed by atoms with Crippen molar-refractivity contribution >= 4 is 28.5 Å². The van der Waals surface area contributed by atoms with Crippen LogP contribution in [0.2, 0.25) is 0 Å². The van der Waals surface area contributed by atoms with Crippen LogP contribution in [0.4, 0.5) is 11.5 Å². The molecule has 0 saturated carbocycles. The SMILES string of the molecule is COc1ccc(C=Nc2nc(C)[c-]c3cc([N+](=O)[O-])ccc23)c(OC)c1.[Rb+]. The van der Waals surface area contributed by atoms with Crippen LogP contribution in [0.1, 0.15) is 11.3 Å². The van der Waals surface area contributed by atoms with Crippen molar-refractivity contribution in [2.75, 3.05) is 14.2 Å². The largest absolute Gasteiger partial charge is 1.00 e. The molecule has 3 aromatic rings.